The molecule has 0 fully saturated rings. The molecule has 1 unspecified atom stereocenters. The second kappa shape index (κ2) is 5.68. The number of nitrogens with two attached hydrogens (primary N) is 1. The predicted octanol–water partition coefficient (Wildman–Crippen LogP) is 4.17. The fourth-order valence-corrected chi connectivity index (χ4v) is 3.28. The van der Waals surface area contributed by atoms with Gasteiger partial charge in [0.25, 0.3) is 0 Å². The lowest BCUT2D eigenvalue weighted by Gasteiger charge is -2.11. The molecule has 2 heteroatoms. The van der Waals surface area contributed by atoms with Crippen LogP contribution in [0.25, 0.3) is 0 Å². The second-order valence-corrected chi connectivity index (χ2v) is 6.16. The molecular weight excluding hydrogens is 238 g/mol. The Hall–Kier alpha value is -1.12. The van der Waals surface area contributed by atoms with Crippen molar-refractivity contribution in [2.75, 3.05) is 0 Å². The van der Waals surface area contributed by atoms with Gasteiger partial charge in [0.05, 0.1) is 0 Å². The summed E-state index contributed by atoms with van der Waals surface area (Å²) in [4.78, 5) is 2.71. The average Bonchev–Trinajstić information content (AvgIpc) is 2.75. The van der Waals surface area contributed by atoms with Crippen LogP contribution in [0.1, 0.15) is 39.4 Å². The molecular formula is C16H21NS. The van der Waals surface area contributed by atoms with Gasteiger partial charge in [0.1, 0.15) is 0 Å². The van der Waals surface area contributed by atoms with E-state index in [1.165, 1.54) is 26.4 Å². The van der Waals surface area contributed by atoms with Crippen LogP contribution in [-0.4, -0.2) is 0 Å². The predicted molar refractivity (Wildman–Crippen MR) is 80.2 cm³/mol. The summed E-state index contributed by atoms with van der Waals surface area (Å²) in [7, 11) is 0. The summed E-state index contributed by atoms with van der Waals surface area (Å²) in [5.74, 6) is 0. The minimum Gasteiger partial charge on any atom is -0.323 e. The van der Waals surface area contributed by atoms with Gasteiger partial charge in [0.2, 0.25) is 0 Å². The first kappa shape index (κ1) is 13.3. The molecule has 1 aromatic heterocycles. The van der Waals surface area contributed by atoms with E-state index in [4.69, 9.17) is 5.73 Å². The second-order valence-electron chi connectivity index (χ2n) is 4.96. The molecule has 2 N–H and O–H groups in total. The molecule has 0 saturated carbocycles. The molecule has 0 aliphatic rings. The van der Waals surface area contributed by atoms with Crippen molar-refractivity contribution in [2.24, 2.45) is 5.73 Å². The van der Waals surface area contributed by atoms with Crippen molar-refractivity contribution in [3.05, 3.63) is 56.8 Å². The van der Waals surface area contributed by atoms with E-state index in [9.17, 15) is 0 Å². The molecule has 0 amide bonds. The lowest BCUT2D eigenvalue weighted by molar-refractivity contribution is 0.735. The van der Waals surface area contributed by atoms with Gasteiger partial charge in [-0.2, -0.15) is 0 Å². The maximum absolute atomic E-state index is 6.31. The van der Waals surface area contributed by atoms with Gasteiger partial charge in [-0.3, -0.25) is 0 Å². The number of hydrogen-bond acceptors (Lipinski definition) is 2. The molecule has 0 spiro atoms. The molecule has 0 saturated heterocycles. The standard InChI is InChI=1S/C16H21NS/c1-4-14-5-6-16(18-14)15(17)10-13-8-11(2)7-12(3)9-13/h5-9,15H,4,10,17H2,1-3H3. The smallest absolute Gasteiger partial charge is 0.0430 e. The number of thiophene rings is 1. The van der Waals surface area contributed by atoms with E-state index in [0.717, 1.165) is 12.8 Å². The molecule has 2 aromatic rings. The zero-order valence-corrected chi connectivity index (χ0v) is 12.2. The van der Waals surface area contributed by atoms with E-state index in [1.807, 2.05) is 11.3 Å². The van der Waals surface area contributed by atoms with E-state index in [-0.39, 0.29) is 6.04 Å². The van der Waals surface area contributed by atoms with Gasteiger partial charge in [0, 0.05) is 15.8 Å². The van der Waals surface area contributed by atoms with E-state index in [2.05, 4.69) is 51.1 Å². The van der Waals surface area contributed by atoms with Crippen molar-refractivity contribution >= 4 is 11.3 Å². The van der Waals surface area contributed by atoms with Gasteiger partial charge in [0.15, 0.2) is 0 Å². The van der Waals surface area contributed by atoms with Crippen molar-refractivity contribution in [2.45, 2.75) is 39.7 Å². The SMILES string of the molecule is CCc1ccc(C(N)Cc2cc(C)cc(C)c2)s1. The molecule has 0 bridgehead atoms. The van der Waals surface area contributed by atoms with Crippen LogP contribution in [0.4, 0.5) is 0 Å². The first-order valence-corrected chi connectivity index (χ1v) is 7.31. The van der Waals surface area contributed by atoms with Crippen LogP contribution >= 0.6 is 11.3 Å². The molecule has 1 atom stereocenters. The van der Waals surface area contributed by atoms with Gasteiger partial charge in [-0.05, 0) is 44.4 Å². The Balaban J connectivity index is 2.12. The van der Waals surface area contributed by atoms with Crippen molar-refractivity contribution < 1.29 is 0 Å². The number of hydrogen-bond donors (Lipinski definition) is 1. The highest BCUT2D eigenvalue weighted by atomic mass is 32.1. The highest BCUT2D eigenvalue weighted by molar-refractivity contribution is 7.12. The highest BCUT2D eigenvalue weighted by Crippen LogP contribution is 2.25. The molecule has 2 rings (SSSR count). The fraction of sp³-hybridized carbons (Fsp3) is 0.375. The van der Waals surface area contributed by atoms with E-state index < -0.39 is 0 Å². The quantitative estimate of drug-likeness (QED) is 0.876. The van der Waals surface area contributed by atoms with Crippen LogP contribution in [-0.2, 0) is 12.8 Å². The average molecular weight is 259 g/mol. The number of aryl methyl sites for hydroxylation is 3. The minimum absolute atomic E-state index is 0.122. The Bertz CT molecular complexity index is 507. The summed E-state index contributed by atoms with van der Waals surface area (Å²) in [6.45, 7) is 6.47. The maximum Gasteiger partial charge on any atom is 0.0430 e. The normalized spacial score (nSPS) is 12.7. The minimum atomic E-state index is 0.122. The molecule has 1 heterocycles. The summed E-state index contributed by atoms with van der Waals surface area (Å²) in [5.41, 5.74) is 10.3. The summed E-state index contributed by atoms with van der Waals surface area (Å²) >= 11 is 1.84. The van der Waals surface area contributed by atoms with Gasteiger partial charge in [-0.15, -0.1) is 11.3 Å². The summed E-state index contributed by atoms with van der Waals surface area (Å²) in [6, 6.07) is 11.2. The topological polar surface area (TPSA) is 26.0 Å². The zero-order valence-electron chi connectivity index (χ0n) is 11.4. The van der Waals surface area contributed by atoms with Crippen LogP contribution in [0.5, 0.6) is 0 Å². The van der Waals surface area contributed by atoms with Crippen LogP contribution in [0.3, 0.4) is 0 Å². The van der Waals surface area contributed by atoms with E-state index >= 15 is 0 Å². The van der Waals surface area contributed by atoms with Gasteiger partial charge in [-0.1, -0.05) is 36.2 Å². The van der Waals surface area contributed by atoms with Crippen molar-refractivity contribution in [1.82, 2.24) is 0 Å². The monoisotopic (exact) mass is 259 g/mol. The summed E-state index contributed by atoms with van der Waals surface area (Å²) in [5, 5.41) is 0. The summed E-state index contributed by atoms with van der Waals surface area (Å²) < 4.78 is 0. The first-order valence-electron chi connectivity index (χ1n) is 6.50. The van der Waals surface area contributed by atoms with Gasteiger partial charge in [-0.25, -0.2) is 0 Å². The van der Waals surface area contributed by atoms with Crippen molar-refractivity contribution in [3.8, 4) is 0 Å². The van der Waals surface area contributed by atoms with Crippen LogP contribution in [0, 0.1) is 13.8 Å². The summed E-state index contributed by atoms with van der Waals surface area (Å²) in [6.07, 6.45) is 2.02. The third-order valence-corrected chi connectivity index (χ3v) is 4.49. The fourth-order valence-electron chi connectivity index (χ4n) is 2.33. The number of benzene rings is 1. The lowest BCUT2D eigenvalue weighted by atomic mass is 10.0. The Morgan fingerprint density at radius 3 is 2.33 bits per heavy atom. The molecule has 96 valence electrons. The van der Waals surface area contributed by atoms with Crippen LogP contribution in [0.2, 0.25) is 0 Å². The maximum atomic E-state index is 6.31. The molecule has 1 aromatic carbocycles. The highest BCUT2D eigenvalue weighted by Gasteiger charge is 2.10. The molecule has 0 radical (unpaired) electrons. The molecule has 0 aliphatic carbocycles. The van der Waals surface area contributed by atoms with E-state index in [1.54, 1.807) is 0 Å². The Morgan fingerprint density at radius 2 is 1.78 bits per heavy atom. The zero-order chi connectivity index (χ0) is 13.1. The van der Waals surface area contributed by atoms with Crippen LogP contribution in [0.15, 0.2) is 30.3 Å². The van der Waals surface area contributed by atoms with Crippen LogP contribution < -0.4 is 5.73 Å². The van der Waals surface area contributed by atoms with Crippen molar-refractivity contribution in [3.63, 3.8) is 0 Å². The lowest BCUT2D eigenvalue weighted by Crippen LogP contribution is -2.11. The first-order chi connectivity index (χ1) is 8.58. The number of rotatable bonds is 4. The Morgan fingerprint density at radius 1 is 1.11 bits per heavy atom. The van der Waals surface area contributed by atoms with Gasteiger partial charge >= 0.3 is 0 Å². The Kier molecular flexibility index (Phi) is 4.20. The van der Waals surface area contributed by atoms with Gasteiger partial charge < -0.3 is 5.73 Å². The molecule has 1 nitrogen and oxygen atoms in total. The van der Waals surface area contributed by atoms with E-state index in [0.29, 0.717) is 0 Å². The molecule has 0 aliphatic heterocycles. The Labute approximate surface area is 114 Å². The third kappa shape index (κ3) is 3.21. The van der Waals surface area contributed by atoms with Crippen molar-refractivity contribution in [1.29, 1.82) is 0 Å². The molecule has 18 heavy (non-hydrogen) atoms. The third-order valence-electron chi connectivity index (χ3n) is 3.13. The largest absolute Gasteiger partial charge is 0.323 e.